The second-order valence-corrected chi connectivity index (χ2v) is 7.69. The summed E-state index contributed by atoms with van der Waals surface area (Å²) in [7, 11) is -4.00. The first-order chi connectivity index (χ1) is 13.5. The van der Waals surface area contributed by atoms with Crippen LogP contribution in [0.5, 0.6) is 0 Å². The lowest BCUT2D eigenvalue weighted by Crippen LogP contribution is -2.43. The molecule has 2 aromatic rings. The molecule has 30 heavy (non-hydrogen) atoms. The number of rotatable bonds is 5. The minimum atomic E-state index is -5.02. The second-order valence-electron chi connectivity index (χ2n) is 6.01. The van der Waals surface area contributed by atoms with Crippen LogP contribution in [-0.4, -0.2) is 36.1 Å². The number of carbonyl (C=O) groups is 1. The van der Waals surface area contributed by atoms with E-state index in [2.05, 4.69) is 4.98 Å². The van der Waals surface area contributed by atoms with Gasteiger partial charge in [0.05, 0.1) is 0 Å². The van der Waals surface area contributed by atoms with Crippen LogP contribution in [0, 0.1) is 5.82 Å². The molecule has 0 aromatic carbocycles. The number of alkyl halides is 6. The van der Waals surface area contributed by atoms with E-state index in [4.69, 9.17) is 0 Å². The summed E-state index contributed by atoms with van der Waals surface area (Å²) in [5.74, 6) is -3.67. The minimum absolute atomic E-state index is 0.491. The molecule has 0 aliphatic carbocycles. The maximum absolute atomic E-state index is 14.6. The Bertz CT molecular complexity index is 1060. The number of nitrogens with zero attached hydrogens (tertiary/aromatic N) is 2. The number of nitrogens with one attached hydrogen (secondary N) is 2. The molecule has 1 unspecified atom stereocenters. The van der Waals surface area contributed by atoms with E-state index in [0.29, 0.717) is 23.8 Å². The molecule has 1 amide bonds. The number of sulfonamides is 1. The molecule has 0 saturated carbocycles. The van der Waals surface area contributed by atoms with E-state index in [9.17, 15) is 43.9 Å². The van der Waals surface area contributed by atoms with Crippen molar-refractivity contribution in [3.05, 3.63) is 41.6 Å². The van der Waals surface area contributed by atoms with E-state index >= 15 is 0 Å². The van der Waals surface area contributed by atoms with Crippen LogP contribution in [-0.2, 0) is 23.2 Å². The fraction of sp³-hybridized carbons (Fsp3) is 0.333. The number of carbonyl (C=O) groups excluding carboxylic acids is 1. The molecular formula is C15H13F7N4O3S. The van der Waals surface area contributed by atoms with E-state index in [1.807, 2.05) is 5.32 Å². The second kappa shape index (κ2) is 7.86. The highest BCUT2D eigenvalue weighted by molar-refractivity contribution is 7.89. The molecule has 7 nitrogen and oxygen atoms in total. The molecular weight excluding hydrogens is 449 g/mol. The molecule has 0 aliphatic heterocycles. The summed E-state index contributed by atoms with van der Waals surface area (Å²) >= 11 is 0. The van der Waals surface area contributed by atoms with Crippen molar-refractivity contribution in [2.45, 2.75) is 30.2 Å². The average Bonchev–Trinajstić information content (AvgIpc) is 2.88. The van der Waals surface area contributed by atoms with Crippen LogP contribution in [0.2, 0.25) is 0 Å². The highest BCUT2D eigenvalue weighted by Gasteiger charge is 2.40. The van der Waals surface area contributed by atoms with Crippen LogP contribution >= 0.6 is 0 Å². The van der Waals surface area contributed by atoms with Gasteiger partial charge in [0.25, 0.3) is 5.91 Å². The molecule has 0 radical (unpaired) electrons. The van der Waals surface area contributed by atoms with Gasteiger partial charge in [-0.3, -0.25) is 4.79 Å². The molecule has 1 atom stereocenters. The standard InChI is InChI=1S/C15H13F7N4O3S/c1-7(14(17,18)19)25-30(28,29)8-6-26(2)12(11(8)16)13(27)24-10-5-3-4-9(23-10)15(20,21)22/h3-7,25H,1-2H3,(H,23,24,27). The summed E-state index contributed by atoms with van der Waals surface area (Å²) < 4.78 is 116. The largest absolute Gasteiger partial charge is 0.433 e. The number of hydrogen-bond donors (Lipinski definition) is 2. The SMILES string of the molecule is CC(NS(=O)(=O)c1cn(C)c(C(=O)Nc2cccc(C(F)(F)F)n2)c1F)C(F)(F)F. The molecule has 15 heteroatoms. The third-order valence-corrected chi connectivity index (χ3v) is 5.22. The average molecular weight is 462 g/mol. The lowest BCUT2D eigenvalue weighted by atomic mass is 10.3. The minimum Gasteiger partial charge on any atom is -0.343 e. The molecule has 166 valence electrons. The molecule has 0 fully saturated rings. The summed E-state index contributed by atoms with van der Waals surface area (Å²) in [4.78, 5) is 14.1. The van der Waals surface area contributed by atoms with Crippen molar-refractivity contribution >= 4 is 21.7 Å². The van der Waals surface area contributed by atoms with E-state index < -0.39 is 62.2 Å². The van der Waals surface area contributed by atoms with Gasteiger partial charge in [0.1, 0.15) is 28.1 Å². The van der Waals surface area contributed by atoms with Crippen molar-refractivity contribution in [1.29, 1.82) is 0 Å². The number of hydrogen-bond acceptors (Lipinski definition) is 4. The van der Waals surface area contributed by atoms with Gasteiger partial charge in [-0.2, -0.15) is 31.1 Å². The topological polar surface area (TPSA) is 93.1 Å². The summed E-state index contributed by atoms with van der Waals surface area (Å²) in [6.07, 6.45) is -9.22. The fourth-order valence-electron chi connectivity index (χ4n) is 2.22. The number of aromatic nitrogens is 2. The van der Waals surface area contributed by atoms with Crippen LogP contribution in [0.15, 0.2) is 29.3 Å². The van der Waals surface area contributed by atoms with Crippen LogP contribution in [0.4, 0.5) is 36.6 Å². The predicted molar refractivity (Wildman–Crippen MR) is 88.4 cm³/mol. The van der Waals surface area contributed by atoms with Crippen molar-refractivity contribution in [3.8, 4) is 0 Å². The van der Waals surface area contributed by atoms with Gasteiger partial charge in [-0.25, -0.2) is 17.8 Å². The lowest BCUT2D eigenvalue weighted by Gasteiger charge is -2.16. The molecule has 2 N–H and O–H groups in total. The number of halogens is 7. The quantitative estimate of drug-likeness (QED) is 0.669. The zero-order chi connectivity index (χ0) is 23.1. The van der Waals surface area contributed by atoms with Gasteiger partial charge in [0, 0.05) is 13.2 Å². The van der Waals surface area contributed by atoms with Crippen molar-refractivity contribution in [2.75, 3.05) is 5.32 Å². The Labute approximate surface area is 164 Å². The lowest BCUT2D eigenvalue weighted by molar-refractivity contribution is -0.147. The third kappa shape index (κ3) is 5.08. The van der Waals surface area contributed by atoms with Gasteiger partial charge in [-0.05, 0) is 19.1 Å². The Hall–Kier alpha value is -2.68. The Balaban J connectivity index is 2.35. The number of pyridine rings is 1. The first kappa shape index (κ1) is 23.6. The Morgan fingerprint density at radius 2 is 1.77 bits per heavy atom. The smallest absolute Gasteiger partial charge is 0.343 e. The molecule has 2 aromatic heterocycles. The van der Waals surface area contributed by atoms with Crippen molar-refractivity contribution in [2.24, 2.45) is 7.05 Å². The van der Waals surface area contributed by atoms with Crippen LogP contribution in [0.3, 0.4) is 0 Å². The summed E-state index contributed by atoms with van der Waals surface area (Å²) in [5.41, 5.74) is -2.30. The summed E-state index contributed by atoms with van der Waals surface area (Å²) in [6, 6.07) is -0.0334. The van der Waals surface area contributed by atoms with Gasteiger partial charge >= 0.3 is 12.4 Å². The highest BCUT2D eigenvalue weighted by Crippen LogP contribution is 2.29. The first-order valence-electron chi connectivity index (χ1n) is 7.83. The predicted octanol–water partition coefficient (Wildman–Crippen LogP) is 3.06. The van der Waals surface area contributed by atoms with E-state index in [1.165, 1.54) is 4.72 Å². The number of anilines is 1. The van der Waals surface area contributed by atoms with Crippen LogP contribution < -0.4 is 10.0 Å². The summed E-state index contributed by atoms with van der Waals surface area (Å²) in [5, 5.41) is 1.88. The summed E-state index contributed by atoms with van der Waals surface area (Å²) in [6.45, 7) is 0.491. The number of aryl methyl sites for hydroxylation is 1. The van der Waals surface area contributed by atoms with Crippen molar-refractivity contribution < 1.29 is 43.9 Å². The maximum Gasteiger partial charge on any atom is 0.433 e. The number of amides is 1. The molecule has 2 rings (SSSR count). The molecule has 0 saturated heterocycles. The van der Waals surface area contributed by atoms with Crippen LogP contribution in [0.1, 0.15) is 23.1 Å². The van der Waals surface area contributed by atoms with E-state index in [1.54, 1.807) is 0 Å². The first-order valence-corrected chi connectivity index (χ1v) is 9.32. The molecule has 0 aliphatic rings. The van der Waals surface area contributed by atoms with E-state index in [0.717, 1.165) is 19.2 Å². The third-order valence-electron chi connectivity index (χ3n) is 3.70. The van der Waals surface area contributed by atoms with Gasteiger partial charge < -0.3 is 9.88 Å². The highest BCUT2D eigenvalue weighted by atomic mass is 32.2. The Morgan fingerprint density at radius 1 is 1.17 bits per heavy atom. The van der Waals surface area contributed by atoms with Gasteiger partial charge in [0.2, 0.25) is 10.0 Å². The fourth-order valence-corrected chi connectivity index (χ4v) is 3.57. The van der Waals surface area contributed by atoms with Gasteiger partial charge in [0.15, 0.2) is 5.82 Å². The Kier molecular flexibility index (Phi) is 6.19. The normalized spacial score (nSPS) is 13.9. The van der Waals surface area contributed by atoms with Crippen LogP contribution in [0.25, 0.3) is 0 Å². The van der Waals surface area contributed by atoms with Gasteiger partial charge in [-0.1, -0.05) is 6.07 Å². The Morgan fingerprint density at radius 3 is 2.30 bits per heavy atom. The molecule has 0 spiro atoms. The maximum atomic E-state index is 14.6. The monoisotopic (exact) mass is 462 g/mol. The van der Waals surface area contributed by atoms with E-state index in [-0.39, 0.29) is 0 Å². The zero-order valence-electron chi connectivity index (χ0n) is 15.1. The molecule has 0 bridgehead atoms. The van der Waals surface area contributed by atoms with Crippen molar-refractivity contribution in [1.82, 2.24) is 14.3 Å². The van der Waals surface area contributed by atoms with Crippen molar-refractivity contribution in [3.63, 3.8) is 0 Å². The zero-order valence-corrected chi connectivity index (χ0v) is 15.9. The molecule has 2 heterocycles. The van der Waals surface area contributed by atoms with Gasteiger partial charge in [-0.15, -0.1) is 0 Å².